The van der Waals surface area contributed by atoms with Gasteiger partial charge in [0.1, 0.15) is 11.7 Å². The first-order valence-electron chi connectivity index (χ1n) is 13.7. The number of ether oxygens (including phenoxy) is 1. The number of aliphatic hydroxyl groups excluding tert-OH is 1. The van der Waals surface area contributed by atoms with Crippen LogP contribution < -0.4 is 0 Å². The average molecular weight is 619 g/mol. The summed E-state index contributed by atoms with van der Waals surface area (Å²) >= 11 is 3.45. The van der Waals surface area contributed by atoms with Crippen LogP contribution in [0.5, 0.6) is 0 Å². The molecular weight excluding hydrogens is 590 g/mol. The van der Waals surface area contributed by atoms with Crippen molar-refractivity contribution >= 4 is 27.7 Å². The third-order valence-electron chi connectivity index (χ3n) is 7.74. The molecule has 0 bridgehead atoms. The lowest BCUT2D eigenvalue weighted by molar-refractivity contribution is -0.0459. The molecule has 1 aliphatic rings. The highest BCUT2D eigenvalue weighted by Gasteiger charge is 2.45. The van der Waals surface area contributed by atoms with Gasteiger partial charge in [0.25, 0.3) is 11.8 Å². The van der Waals surface area contributed by atoms with Crippen molar-refractivity contribution in [1.29, 1.82) is 0 Å². The van der Waals surface area contributed by atoms with Crippen molar-refractivity contribution in [2.24, 2.45) is 0 Å². The normalized spacial score (nSPS) is 14.5. The van der Waals surface area contributed by atoms with Gasteiger partial charge < -0.3 is 9.84 Å². The summed E-state index contributed by atoms with van der Waals surface area (Å²) in [7, 11) is 0. The van der Waals surface area contributed by atoms with Crippen LogP contribution in [-0.2, 0) is 10.3 Å². The first kappa shape index (κ1) is 27.8. The summed E-state index contributed by atoms with van der Waals surface area (Å²) < 4.78 is 7.86. The Kier molecular flexibility index (Phi) is 7.85. The molecule has 0 saturated heterocycles. The predicted octanol–water partition coefficient (Wildman–Crippen LogP) is 7.16. The molecule has 0 aromatic heterocycles. The molecule has 0 spiro atoms. The molecule has 6 rings (SSSR count). The molecule has 0 saturated carbocycles. The smallest absolute Gasteiger partial charge is 0.261 e. The fourth-order valence-electron chi connectivity index (χ4n) is 5.68. The minimum atomic E-state index is -1.21. The molecule has 5 aromatic carbocycles. The van der Waals surface area contributed by atoms with Crippen LogP contribution in [0.25, 0.3) is 0 Å². The Morgan fingerprint density at radius 3 is 1.45 bits per heavy atom. The van der Waals surface area contributed by atoms with Crippen LogP contribution in [-0.4, -0.2) is 34.5 Å². The van der Waals surface area contributed by atoms with Gasteiger partial charge in [0.2, 0.25) is 0 Å². The number of fused-ring (bicyclic) bond motifs is 1. The van der Waals surface area contributed by atoms with Gasteiger partial charge in [-0.05, 0) is 46.5 Å². The molecule has 0 aliphatic carbocycles. The van der Waals surface area contributed by atoms with Crippen LogP contribution in [0.2, 0.25) is 0 Å². The van der Waals surface area contributed by atoms with Crippen LogP contribution >= 0.6 is 15.9 Å². The number of hydrogen-bond acceptors (Lipinski definition) is 4. The van der Waals surface area contributed by atoms with Crippen LogP contribution in [0.3, 0.4) is 0 Å². The van der Waals surface area contributed by atoms with E-state index in [2.05, 4.69) is 15.9 Å². The highest BCUT2D eigenvalue weighted by atomic mass is 79.9. The summed E-state index contributed by atoms with van der Waals surface area (Å²) in [5, 5.41) is 11.8. The minimum Gasteiger partial charge on any atom is -0.386 e. The Labute approximate surface area is 253 Å². The third-order valence-corrected chi connectivity index (χ3v) is 8.27. The van der Waals surface area contributed by atoms with Crippen molar-refractivity contribution in [2.45, 2.75) is 17.7 Å². The molecule has 5 aromatic rings. The van der Waals surface area contributed by atoms with Crippen LogP contribution in [0.4, 0.5) is 0 Å². The van der Waals surface area contributed by atoms with Crippen LogP contribution in [0.1, 0.15) is 49.1 Å². The molecule has 208 valence electrons. The lowest BCUT2D eigenvalue weighted by atomic mass is 9.80. The number of hydrogen-bond donors (Lipinski definition) is 1. The number of rotatable bonds is 9. The van der Waals surface area contributed by atoms with Crippen molar-refractivity contribution in [1.82, 2.24) is 4.90 Å². The Balaban J connectivity index is 1.48. The van der Waals surface area contributed by atoms with Crippen molar-refractivity contribution in [3.63, 3.8) is 0 Å². The molecule has 0 unspecified atom stereocenters. The van der Waals surface area contributed by atoms with Gasteiger partial charge in [0, 0.05) is 4.47 Å². The quantitative estimate of drug-likeness (QED) is 0.141. The first-order chi connectivity index (χ1) is 20.5. The van der Waals surface area contributed by atoms with E-state index < -0.39 is 29.6 Å². The van der Waals surface area contributed by atoms with Crippen molar-refractivity contribution in [2.75, 3.05) is 6.61 Å². The molecule has 42 heavy (non-hydrogen) atoms. The van der Waals surface area contributed by atoms with E-state index in [1.165, 1.54) is 0 Å². The maximum absolute atomic E-state index is 13.7. The fraction of sp³-hybridized carbons (Fsp3) is 0.111. The van der Waals surface area contributed by atoms with E-state index in [1.54, 1.807) is 36.4 Å². The first-order valence-corrected chi connectivity index (χ1v) is 14.5. The topological polar surface area (TPSA) is 66.8 Å². The number of aliphatic hydroxyl groups is 1. The third kappa shape index (κ3) is 4.98. The van der Waals surface area contributed by atoms with E-state index in [0.29, 0.717) is 16.7 Å². The van der Waals surface area contributed by atoms with Crippen molar-refractivity contribution < 1.29 is 19.4 Å². The second kappa shape index (κ2) is 11.9. The number of benzene rings is 5. The van der Waals surface area contributed by atoms with Gasteiger partial charge in [0.15, 0.2) is 0 Å². The van der Waals surface area contributed by atoms with Crippen LogP contribution in [0, 0.1) is 0 Å². The van der Waals surface area contributed by atoms with E-state index in [1.807, 2.05) is 103 Å². The van der Waals surface area contributed by atoms with Gasteiger partial charge in [-0.1, -0.05) is 131 Å². The van der Waals surface area contributed by atoms with E-state index >= 15 is 0 Å². The van der Waals surface area contributed by atoms with Gasteiger partial charge in [-0.3, -0.25) is 14.5 Å². The molecular formula is C36H28BrNO4. The molecule has 2 amide bonds. The molecule has 0 fully saturated rings. The molecule has 2 atom stereocenters. The average Bonchev–Trinajstić information content (AvgIpc) is 3.30. The summed E-state index contributed by atoms with van der Waals surface area (Å²) in [5.41, 5.74) is 2.73. The van der Waals surface area contributed by atoms with E-state index in [4.69, 9.17) is 4.74 Å². The Bertz CT molecular complexity index is 1560. The Morgan fingerprint density at radius 2 is 1.02 bits per heavy atom. The monoisotopic (exact) mass is 617 g/mol. The zero-order chi connectivity index (χ0) is 29.1. The summed E-state index contributed by atoms with van der Waals surface area (Å²) in [6.45, 7) is -0.138. The maximum atomic E-state index is 13.7. The van der Waals surface area contributed by atoms with Gasteiger partial charge in [-0.2, -0.15) is 0 Å². The lowest BCUT2D eigenvalue weighted by Gasteiger charge is -2.39. The molecule has 0 radical (unpaired) electrons. The molecule has 1 heterocycles. The van der Waals surface area contributed by atoms with E-state index in [-0.39, 0.29) is 6.61 Å². The minimum absolute atomic E-state index is 0.138. The standard InChI is InChI=1S/C36H28BrNO4/c37-29-22-20-25(21-23-29)33(39)32(38-34(40)30-18-10-11-19-31(30)35(38)41)24-42-36(26-12-4-1-5-13-26,27-14-6-2-7-15-27)28-16-8-3-9-17-28/h1-23,32-33,39H,24H2/t32-,33-/m1/s1. The molecule has 5 nitrogen and oxygen atoms in total. The Hall–Kier alpha value is -4.36. The highest BCUT2D eigenvalue weighted by molar-refractivity contribution is 9.10. The summed E-state index contributed by atoms with van der Waals surface area (Å²) in [6.07, 6.45) is -1.21. The molecule has 6 heteroatoms. The summed E-state index contributed by atoms with van der Waals surface area (Å²) in [5.74, 6) is -0.907. The Morgan fingerprint density at radius 1 is 0.619 bits per heavy atom. The number of carbonyl (C=O) groups is 2. The van der Waals surface area contributed by atoms with Gasteiger partial charge in [-0.25, -0.2) is 0 Å². The van der Waals surface area contributed by atoms with Gasteiger partial charge in [-0.15, -0.1) is 0 Å². The number of imide groups is 1. The predicted molar refractivity (Wildman–Crippen MR) is 165 cm³/mol. The lowest BCUT2D eigenvalue weighted by Crippen LogP contribution is -2.48. The largest absolute Gasteiger partial charge is 0.386 e. The summed E-state index contributed by atoms with van der Waals surface area (Å²) in [4.78, 5) is 28.6. The maximum Gasteiger partial charge on any atom is 0.261 e. The van der Waals surface area contributed by atoms with E-state index in [0.717, 1.165) is 26.1 Å². The van der Waals surface area contributed by atoms with Gasteiger partial charge in [0.05, 0.1) is 23.8 Å². The number of nitrogens with zero attached hydrogens (tertiary/aromatic N) is 1. The fourth-order valence-corrected chi connectivity index (χ4v) is 5.94. The SMILES string of the molecule is O=C1c2ccccc2C(=O)N1[C@H](COC(c1ccccc1)(c1ccccc1)c1ccccc1)[C@H](O)c1ccc(Br)cc1. The number of amides is 2. The molecule has 1 N–H and O–H groups in total. The van der Waals surface area contributed by atoms with Crippen molar-refractivity contribution in [3.05, 3.63) is 177 Å². The molecule has 1 aliphatic heterocycles. The number of carbonyl (C=O) groups excluding carboxylic acids is 2. The van der Waals surface area contributed by atoms with Gasteiger partial charge >= 0.3 is 0 Å². The van der Waals surface area contributed by atoms with Crippen molar-refractivity contribution in [3.8, 4) is 0 Å². The number of halogens is 1. The second-order valence-corrected chi connectivity index (χ2v) is 11.1. The zero-order valence-corrected chi connectivity index (χ0v) is 24.2. The van der Waals surface area contributed by atoms with Crippen LogP contribution in [0.15, 0.2) is 144 Å². The zero-order valence-electron chi connectivity index (χ0n) is 22.6. The van der Waals surface area contributed by atoms with E-state index in [9.17, 15) is 14.7 Å². The second-order valence-electron chi connectivity index (χ2n) is 10.2. The highest BCUT2D eigenvalue weighted by Crippen LogP contribution is 2.42. The summed E-state index contributed by atoms with van der Waals surface area (Å²) in [6, 6.07) is 42.5.